The number of nitrogens with zero attached hydrogens (tertiary/aromatic N) is 1. The molecule has 6 heteroatoms. The molecule has 0 aliphatic carbocycles. The van der Waals surface area contributed by atoms with Crippen LogP contribution in [-0.4, -0.2) is 23.3 Å². The molecule has 0 unspecified atom stereocenters. The molecule has 0 fully saturated rings. The molecule has 4 nitrogen and oxygen atoms in total. The molecule has 0 amide bonds. The molecule has 118 valence electrons. The first-order valence-corrected chi connectivity index (χ1v) is 8.85. The number of ether oxygens (including phenoxy) is 1. The van der Waals surface area contributed by atoms with Crippen molar-refractivity contribution >= 4 is 44.6 Å². The second kappa shape index (κ2) is 7.66. The molecule has 0 atom stereocenters. The molecule has 3 rings (SSSR count). The van der Waals surface area contributed by atoms with Gasteiger partial charge in [0, 0.05) is 33.6 Å². The van der Waals surface area contributed by atoms with Crippen LogP contribution >= 0.6 is 27.7 Å². The highest BCUT2D eigenvalue weighted by Crippen LogP contribution is 2.23. The normalized spacial score (nSPS) is 10.8. The lowest BCUT2D eigenvalue weighted by Crippen LogP contribution is -2.09. The maximum atomic E-state index is 11.7. The lowest BCUT2D eigenvalue weighted by Gasteiger charge is -2.03. The standard InChI is InChI=1S/C17H14BrNO3S/c18-13-1-2-16-12(9-13)10-14(22-16)5-8-21-17(20)11-23-15-3-6-19-7-4-15/h1-4,6-7,9-10H,5,8,11H2. The van der Waals surface area contributed by atoms with Crippen molar-refractivity contribution in [3.63, 3.8) is 0 Å². The summed E-state index contributed by atoms with van der Waals surface area (Å²) in [6.07, 6.45) is 3.97. The van der Waals surface area contributed by atoms with E-state index in [-0.39, 0.29) is 11.7 Å². The molecule has 23 heavy (non-hydrogen) atoms. The van der Waals surface area contributed by atoms with Crippen molar-refractivity contribution in [3.8, 4) is 0 Å². The van der Waals surface area contributed by atoms with Crippen LogP contribution in [0.25, 0.3) is 11.0 Å². The highest BCUT2D eigenvalue weighted by Gasteiger charge is 2.07. The van der Waals surface area contributed by atoms with Crippen LogP contribution in [0.1, 0.15) is 5.76 Å². The number of hydrogen-bond donors (Lipinski definition) is 0. The number of aromatic nitrogens is 1. The Balaban J connectivity index is 1.45. The predicted octanol–water partition coefficient (Wildman–Crippen LogP) is 4.47. The van der Waals surface area contributed by atoms with E-state index < -0.39 is 0 Å². The molecule has 2 heterocycles. The number of halogens is 1. The maximum Gasteiger partial charge on any atom is 0.316 e. The van der Waals surface area contributed by atoms with E-state index in [1.54, 1.807) is 12.4 Å². The van der Waals surface area contributed by atoms with Crippen LogP contribution < -0.4 is 0 Å². The van der Waals surface area contributed by atoms with Crippen LogP contribution in [0.5, 0.6) is 0 Å². The van der Waals surface area contributed by atoms with E-state index in [1.807, 2.05) is 36.4 Å². The zero-order valence-electron chi connectivity index (χ0n) is 12.2. The van der Waals surface area contributed by atoms with E-state index in [4.69, 9.17) is 9.15 Å². The zero-order chi connectivity index (χ0) is 16.1. The number of benzene rings is 1. The molecule has 0 saturated carbocycles. The van der Waals surface area contributed by atoms with E-state index in [0.29, 0.717) is 13.0 Å². The summed E-state index contributed by atoms with van der Waals surface area (Å²) in [5.41, 5.74) is 0.836. The van der Waals surface area contributed by atoms with Gasteiger partial charge < -0.3 is 9.15 Å². The fraction of sp³-hybridized carbons (Fsp3) is 0.176. The average molecular weight is 392 g/mol. The first-order chi connectivity index (χ1) is 11.2. The minimum atomic E-state index is -0.231. The van der Waals surface area contributed by atoms with Crippen LogP contribution in [0, 0.1) is 0 Å². The SMILES string of the molecule is O=C(CSc1ccncc1)OCCc1cc2cc(Br)ccc2o1. The average Bonchev–Trinajstić information content (AvgIpc) is 2.95. The number of fused-ring (bicyclic) bond motifs is 1. The summed E-state index contributed by atoms with van der Waals surface area (Å²) < 4.78 is 12.0. The van der Waals surface area contributed by atoms with Crippen LogP contribution in [0.2, 0.25) is 0 Å². The Bertz CT molecular complexity index is 804. The van der Waals surface area contributed by atoms with E-state index in [0.717, 1.165) is 26.1 Å². The van der Waals surface area contributed by atoms with Crippen LogP contribution in [0.3, 0.4) is 0 Å². The monoisotopic (exact) mass is 391 g/mol. The number of hydrogen-bond acceptors (Lipinski definition) is 5. The largest absolute Gasteiger partial charge is 0.465 e. The van der Waals surface area contributed by atoms with Crippen molar-refractivity contribution in [1.29, 1.82) is 0 Å². The molecule has 0 N–H and O–H groups in total. The smallest absolute Gasteiger partial charge is 0.316 e. The third kappa shape index (κ3) is 4.59. The Morgan fingerprint density at radius 2 is 2.04 bits per heavy atom. The summed E-state index contributed by atoms with van der Waals surface area (Å²) in [7, 11) is 0. The summed E-state index contributed by atoms with van der Waals surface area (Å²) in [4.78, 5) is 16.7. The molecule has 0 spiro atoms. The van der Waals surface area contributed by atoms with Gasteiger partial charge in [-0.15, -0.1) is 11.8 Å². The van der Waals surface area contributed by atoms with E-state index in [1.165, 1.54) is 11.8 Å². The number of furan rings is 1. The van der Waals surface area contributed by atoms with Crippen molar-refractivity contribution < 1.29 is 13.9 Å². The van der Waals surface area contributed by atoms with Gasteiger partial charge in [-0.1, -0.05) is 15.9 Å². The second-order valence-corrected chi connectivity index (χ2v) is 6.80. The van der Waals surface area contributed by atoms with E-state index in [9.17, 15) is 4.79 Å². The van der Waals surface area contributed by atoms with Crippen molar-refractivity contribution in [2.24, 2.45) is 0 Å². The number of rotatable bonds is 6. The Kier molecular flexibility index (Phi) is 5.35. The molecule has 3 aromatic rings. The number of pyridine rings is 1. The molecule has 1 aromatic carbocycles. The van der Waals surface area contributed by atoms with E-state index in [2.05, 4.69) is 20.9 Å². The molecule has 2 aromatic heterocycles. The topological polar surface area (TPSA) is 52.3 Å². The number of carbonyl (C=O) groups is 1. The Morgan fingerprint density at radius 1 is 1.22 bits per heavy atom. The van der Waals surface area contributed by atoms with Crippen LogP contribution in [0.4, 0.5) is 0 Å². The van der Waals surface area contributed by atoms with Gasteiger partial charge in [-0.3, -0.25) is 9.78 Å². The third-order valence-corrected chi connectivity index (χ3v) is 4.63. The number of thioether (sulfide) groups is 1. The molecule has 0 aliphatic heterocycles. The molecule has 0 radical (unpaired) electrons. The molecule has 0 bridgehead atoms. The Labute approximate surface area is 146 Å². The van der Waals surface area contributed by atoms with Gasteiger partial charge in [0.05, 0.1) is 12.4 Å². The lowest BCUT2D eigenvalue weighted by atomic mass is 10.2. The predicted molar refractivity (Wildman–Crippen MR) is 93.5 cm³/mol. The van der Waals surface area contributed by atoms with Crippen molar-refractivity contribution in [2.75, 3.05) is 12.4 Å². The van der Waals surface area contributed by atoms with Crippen molar-refractivity contribution in [3.05, 3.63) is 59.0 Å². The van der Waals surface area contributed by atoms with Crippen molar-refractivity contribution in [1.82, 2.24) is 4.98 Å². The van der Waals surface area contributed by atoms with Gasteiger partial charge in [-0.25, -0.2) is 0 Å². The van der Waals surface area contributed by atoms with E-state index >= 15 is 0 Å². The van der Waals surface area contributed by atoms with Crippen LogP contribution in [-0.2, 0) is 16.0 Å². The third-order valence-electron chi connectivity index (χ3n) is 3.15. The van der Waals surface area contributed by atoms with Gasteiger partial charge in [0.1, 0.15) is 11.3 Å². The highest BCUT2D eigenvalue weighted by molar-refractivity contribution is 9.10. The van der Waals surface area contributed by atoms with Gasteiger partial charge in [0.2, 0.25) is 0 Å². The molecule has 0 saturated heterocycles. The Hall–Kier alpha value is -1.79. The van der Waals surface area contributed by atoms with Gasteiger partial charge in [-0.05, 0) is 36.4 Å². The van der Waals surface area contributed by atoms with Crippen LogP contribution in [0.15, 0.2) is 62.6 Å². The second-order valence-electron chi connectivity index (χ2n) is 4.84. The number of esters is 1. The van der Waals surface area contributed by atoms with Gasteiger partial charge in [0.25, 0.3) is 0 Å². The Morgan fingerprint density at radius 3 is 2.87 bits per heavy atom. The van der Waals surface area contributed by atoms with Gasteiger partial charge in [-0.2, -0.15) is 0 Å². The van der Waals surface area contributed by atoms with Crippen molar-refractivity contribution in [2.45, 2.75) is 11.3 Å². The minimum absolute atomic E-state index is 0.231. The number of carbonyl (C=O) groups excluding carboxylic acids is 1. The summed E-state index contributed by atoms with van der Waals surface area (Å²) in [6.45, 7) is 0.316. The van der Waals surface area contributed by atoms with Gasteiger partial charge in [0.15, 0.2) is 0 Å². The first kappa shape index (κ1) is 16.1. The summed E-state index contributed by atoms with van der Waals surface area (Å²) in [6, 6.07) is 11.6. The quantitative estimate of drug-likeness (QED) is 0.458. The summed E-state index contributed by atoms with van der Waals surface area (Å²) in [5, 5.41) is 1.04. The summed E-state index contributed by atoms with van der Waals surface area (Å²) >= 11 is 4.87. The molecule has 0 aliphatic rings. The summed E-state index contributed by atoms with van der Waals surface area (Å²) in [5.74, 6) is 0.871. The molecular weight excluding hydrogens is 378 g/mol. The lowest BCUT2D eigenvalue weighted by molar-refractivity contribution is -0.140. The fourth-order valence-corrected chi connectivity index (χ4v) is 3.14. The van der Waals surface area contributed by atoms with Gasteiger partial charge >= 0.3 is 5.97 Å². The maximum absolute atomic E-state index is 11.7. The highest BCUT2D eigenvalue weighted by atomic mass is 79.9. The first-order valence-electron chi connectivity index (χ1n) is 7.07. The molecular formula is C17H14BrNO3S. The minimum Gasteiger partial charge on any atom is -0.465 e. The fourth-order valence-electron chi connectivity index (χ4n) is 2.08. The zero-order valence-corrected chi connectivity index (χ0v) is 14.6.